The molecule has 1 aromatic rings. The molecule has 94 valence electrons. The van der Waals surface area contributed by atoms with Crippen LogP contribution in [0.3, 0.4) is 0 Å². The van der Waals surface area contributed by atoms with E-state index in [0.717, 1.165) is 26.3 Å². The highest BCUT2D eigenvalue weighted by atomic mass is 16.5. The van der Waals surface area contributed by atoms with Gasteiger partial charge in [-0.25, -0.2) is 0 Å². The van der Waals surface area contributed by atoms with Crippen LogP contribution in [-0.2, 0) is 4.74 Å². The highest BCUT2D eigenvalue weighted by Gasteiger charge is 2.17. The molecule has 1 N–H and O–H groups in total. The first-order chi connectivity index (χ1) is 8.27. The zero-order valence-corrected chi connectivity index (χ0v) is 10.0. The summed E-state index contributed by atoms with van der Waals surface area (Å²) in [7, 11) is 0. The predicted molar refractivity (Wildman–Crippen MR) is 62.9 cm³/mol. The van der Waals surface area contributed by atoms with Crippen molar-refractivity contribution in [2.45, 2.75) is 13.0 Å². The first kappa shape index (κ1) is 12.1. The van der Waals surface area contributed by atoms with Gasteiger partial charge in [-0.15, -0.1) is 0 Å². The minimum atomic E-state index is -0.0844. The maximum atomic E-state index is 11.7. The molecule has 1 fully saturated rings. The number of hydrogen-bond acceptors (Lipinski definition) is 4. The molecule has 0 spiro atoms. The molecule has 0 aromatic carbocycles. The number of nitrogens with one attached hydrogen (secondary N) is 1. The van der Waals surface area contributed by atoms with Gasteiger partial charge < -0.3 is 14.5 Å². The summed E-state index contributed by atoms with van der Waals surface area (Å²) < 4.78 is 10.2. The molecule has 0 bridgehead atoms. The van der Waals surface area contributed by atoms with E-state index >= 15 is 0 Å². The molecule has 1 aliphatic heterocycles. The van der Waals surface area contributed by atoms with E-state index in [-0.39, 0.29) is 5.91 Å². The van der Waals surface area contributed by atoms with Crippen molar-refractivity contribution in [3.63, 3.8) is 0 Å². The largest absolute Gasteiger partial charge is 0.472 e. The highest BCUT2D eigenvalue weighted by molar-refractivity contribution is 5.93. The number of nitrogens with zero attached hydrogens (tertiary/aromatic N) is 1. The summed E-state index contributed by atoms with van der Waals surface area (Å²) in [5, 5.41) is 2.90. The number of amides is 1. The topological polar surface area (TPSA) is 54.7 Å². The van der Waals surface area contributed by atoms with Crippen LogP contribution in [0.15, 0.2) is 23.0 Å². The van der Waals surface area contributed by atoms with E-state index in [0.29, 0.717) is 18.2 Å². The van der Waals surface area contributed by atoms with Crippen molar-refractivity contribution in [3.8, 4) is 0 Å². The molecule has 1 aliphatic rings. The first-order valence-electron chi connectivity index (χ1n) is 5.89. The van der Waals surface area contributed by atoms with Gasteiger partial charge in [-0.3, -0.25) is 9.69 Å². The third kappa shape index (κ3) is 3.31. The van der Waals surface area contributed by atoms with E-state index in [1.807, 2.05) is 0 Å². The Bertz CT molecular complexity index is 345. The van der Waals surface area contributed by atoms with Gasteiger partial charge in [-0.1, -0.05) is 0 Å². The smallest absolute Gasteiger partial charge is 0.254 e. The van der Waals surface area contributed by atoms with Gasteiger partial charge in [-0.05, 0) is 13.0 Å². The summed E-state index contributed by atoms with van der Waals surface area (Å²) in [5.41, 5.74) is 0.569. The van der Waals surface area contributed by atoms with Crippen LogP contribution >= 0.6 is 0 Å². The third-order valence-electron chi connectivity index (χ3n) is 3.01. The van der Waals surface area contributed by atoms with Crippen LogP contribution < -0.4 is 5.32 Å². The van der Waals surface area contributed by atoms with Crippen LogP contribution in [0.1, 0.15) is 17.3 Å². The van der Waals surface area contributed by atoms with E-state index in [4.69, 9.17) is 9.15 Å². The van der Waals surface area contributed by atoms with Crippen molar-refractivity contribution in [3.05, 3.63) is 24.2 Å². The van der Waals surface area contributed by atoms with Crippen molar-refractivity contribution < 1.29 is 13.9 Å². The molecule has 2 heterocycles. The van der Waals surface area contributed by atoms with Gasteiger partial charge in [0, 0.05) is 25.7 Å². The molecule has 0 aliphatic carbocycles. The lowest BCUT2D eigenvalue weighted by molar-refractivity contribution is 0.0204. The van der Waals surface area contributed by atoms with Gasteiger partial charge in [0.1, 0.15) is 6.26 Å². The van der Waals surface area contributed by atoms with Crippen LogP contribution in [0.2, 0.25) is 0 Å². The standard InChI is InChI=1S/C12H18N2O3/c1-10(14-3-6-16-7-4-14)8-13-12(15)11-2-5-17-9-11/h2,5,9-10H,3-4,6-8H2,1H3,(H,13,15). The lowest BCUT2D eigenvalue weighted by Gasteiger charge is -2.32. The Hall–Kier alpha value is -1.33. The lowest BCUT2D eigenvalue weighted by Crippen LogP contribution is -2.47. The average molecular weight is 238 g/mol. The number of carbonyl (C=O) groups is 1. The fourth-order valence-electron chi connectivity index (χ4n) is 1.88. The molecule has 1 aromatic heterocycles. The zero-order chi connectivity index (χ0) is 12.1. The summed E-state index contributed by atoms with van der Waals surface area (Å²) in [4.78, 5) is 14.0. The second-order valence-electron chi connectivity index (χ2n) is 4.22. The molecule has 0 radical (unpaired) electrons. The fourth-order valence-corrected chi connectivity index (χ4v) is 1.88. The van der Waals surface area contributed by atoms with Crippen LogP contribution in [0, 0.1) is 0 Å². The second kappa shape index (κ2) is 5.84. The fraction of sp³-hybridized carbons (Fsp3) is 0.583. The molecular weight excluding hydrogens is 220 g/mol. The third-order valence-corrected chi connectivity index (χ3v) is 3.01. The number of morpholine rings is 1. The van der Waals surface area contributed by atoms with E-state index < -0.39 is 0 Å². The monoisotopic (exact) mass is 238 g/mol. The number of furan rings is 1. The molecule has 1 unspecified atom stereocenters. The Morgan fingerprint density at radius 2 is 2.29 bits per heavy atom. The zero-order valence-electron chi connectivity index (χ0n) is 10.0. The number of hydrogen-bond donors (Lipinski definition) is 1. The Kier molecular flexibility index (Phi) is 4.17. The van der Waals surface area contributed by atoms with E-state index in [2.05, 4.69) is 17.1 Å². The molecule has 17 heavy (non-hydrogen) atoms. The molecule has 5 nitrogen and oxygen atoms in total. The van der Waals surface area contributed by atoms with Gasteiger partial charge in [0.05, 0.1) is 25.0 Å². The Morgan fingerprint density at radius 3 is 2.94 bits per heavy atom. The van der Waals surface area contributed by atoms with Gasteiger partial charge >= 0.3 is 0 Å². The molecule has 0 saturated carbocycles. The van der Waals surface area contributed by atoms with Crippen molar-refractivity contribution >= 4 is 5.91 Å². The summed E-state index contributed by atoms with van der Waals surface area (Å²) in [6.07, 6.45) is 2.95. The molecular formula is C12H18N2O3. The minimum absolute atomic E-state index is 0.0844. The minimum Gasteiger partial charge on any atom is -0.472 e. The van der Waals surface area contributed by atoms with Gasteiger partial charge in [0.2, 0.25) is 0 Å². The maximum Gasteiger partial charge on any atom is 0.254 e. The van der Waals surface area contributed by atoms with E-state index in [1.165, 1.54) is 12.5 Å². The van der Waals surface area contributed by atoms with Crippen molar-refractivity contribution in [1.29, 1.82) is 0 Å². The highest BCUT2D eigenvalue weighted by Crippen LogP contribution is 2.03. The quantitative estimate of drug-likeness (QED) is 0.840. The van der Waals surface area contributed by atoms with Gasteiger partial charge in [-0.2, -0.15) is 0 Å². The summed E-state index contributed by atoms with van der Waals surface area (Å²) in [6, 6.07) is 1.99. The molecule has 1 atom stereocenters. The van der Waals surface area contributed by atoms with Crippen LogP contribution in [-0.4, -0.2) is 49.7 Å². The number of rotatable bonds is 4. The maximum absolute atomic E-state index is 11.7. The van der Waals surface area contributed by atoms with Gasteiger partial charge in [0.25, 0.3) is 5.91 Å². The summed E-state index contributed by atoms with van der Waals surface area (Å²) in [6.45, 7) is 6.18. The van der Waals surface area contributed by atoms with Gasteiger partial charge in [0.15, 0.2) is 0 Å². The van der Waals surface area contributed by atoms with Crippen LogP contribution in [0.4, 0.5) is 0 Å². The number of carbonyl (C=O) groups excluding carboxylic acids is 1. The Balaban J connectivity index is 1.75. The second-order valence-corrected chi connectivity index (χ2v) is 4.22. The predicted octanol–water partition coefficient (Wildman–Crippen LogP) is 0.730. The summed E-state index contributed by atoms with van der Waals surface area (Å²) in [5.74, 6) is -0.0844. The van der Waals surface area contributed by atoms with Crippen molar-refractivity contribution in [2.75, 3.05) is 32.8 Å². The van der Waals surface area contributed by atoms with Crippen molar-refractivity contribution in [2.24, 2.45) is 0 Å². The normalized spacial score (nSPS) is 18.9. The lowest BCUT2D eigenvalue weighted by atomic mass is 10.2. The molecule has 5 heteroatoms. The Morgan fingerprint density at radius 1 is 1.53 bits per heavy atom. The molecule has 2 rings (SSSR count). The van der Waals surface area contributed by atoms with E-state index in [1.54, 1.807) is 6.07 Å². The first-order valence-corrected chi connectivity index (χ1v) is 5.89. The average Bonchev–Trinajstić information content (AvgIpc) is 2.90. The summed E-state index contributed by atoms with van der Waals surface area (Å²) >= 11 is 0. The molecule has 1 saturated heterocycles. The SMILES string of the molecule is CC(CNC(=O)c1ccoc1)N1CCOCC1. The van der Waals surface area contributed by atoms with Crippen LogP contribution in [0.25, 0.3) is 0 Å². The van der Waals surface area contributed by atoms with Crippen molar-refractivity contribution in [1.82, 2.24) is 10.2 Å². The number of ether oxygens (including phenoxy) is 1. The molecule has 1 amide bonds. The van der Waals surface area contributed by atoms with Crippen LogP contribution in [0.5, 0.6) is 0 Å². The Labute approximate surface area is 101 Å². The van der Waals surface area contributed by atoms with E-state index in [9.17, 15) is 4.79 Å².